The van der Waals surface area contributed by atoms with E-state index in [9.17, 15) is 10.1 Å². The van der Waals surface area contributed by atoms with Crippen LogP contribution in [0.25, 0.3) is 22.0 Å². The molecule has 3 rings (SSSR count). The minimum atomic E-state index is -0.482. The topological polar surface area (TPSA) is 68.9 Å². The van der Waals surface area contributed by atoms with Crippen LogP contribution in [-0.4, -0.2) is 14.9 Å². The average molecular weight is 286 g/mol. The van der Waals surface area contributed by atoms with Gasteiger partial charge in [0.25, 0.3) is 5.69 Å². The van der Waals surface area contributed by atoms with E-state index in [2.05, 4.69) is 9.97 Å². The molecule has 0 fully saturated rings. The lowest BCUT2D eigenvalue weighted by Crippen LogP contribution is -1.92. The van der Waals surface area contributed by atoms with E-state index in [1.165, 1.54) is 12.1 Å². The fraction of sp³-hybridized carbons (Fsp3) is 0. The zero-order valence-electron chi connectivity index (χ0n) is 10.2. The molecule has 20 heavy (non-hydrogen) atoms. The molecule has 0 bridgehead atoms. The molecule has 6 heteroatoms. The third kappa shape index (κ3) is 2.19. The quantitative estimate of drug-likeness (QED) is 0.407. The van der Waals surface area contributed by atoms with Crippen LogP contribution < -0.4 is 0 Å². The van der Waals surface area contributed by atoms with E-state index in [4.69, 9.17) is 11.6 Å². The second-order valence-corrected chi connectivity index (χ2v) is 4.58. The van der Waals surface area contributed by atoms with Gasteiger partial charge < -0.3 is 0 Å². The van der Waals surface area contributed by atoms with Crippen LogP contribution in [0.1, 0.15) is 0 Å². The molecular formula is C14H8ClN3O2. The lowest BCUT2D eigenvalue weighted by Gasteiger charge is -2.06. The van der Waals surface area contributed by atoms with Crippen molar-refractivity contribution in [2.75, 3.05) is 0 Å². The zero-order chi connectivity index (χ0) is 14.1. The van der Waals surface area contributed by atoms with Crippen molar-refractivity contribution in [1.82, 2.24) is 9.97 Å². The molecule has 2 aromatic heterocycles. The maximum absolute atomic E-state index is 10.9. The molecule has 0 aliphatic carbocycles. The van der Waals surface area contributed by atoms with E-state index in [0.717, 1.165) is 16.3 Å². The van der Waals surface area contributed by atoms with Crippen LogP contribution >= 0.6 is 11.6 Å². The summed E-state index contributed by atoms with van der Waals surface area (Å²) < 4.78 is 0. The molecule has 0 aliphatic heterocycles. The van der Waals surface area contributed by atoms with Crippen LogP contribution in [-0.2, 0) is 0 Å². The Morgan fingerprint density at radius 2 is 2.05 bits per heavy atom. The second kappa shape index (κ2) is 4.86. The van der Waals surface area contributed by atoms with E-state index in [1.54, 1.807) is 12.4 Å². The largest absolute Gasteiger partial charge is 0.274 e. The summed E-state index contributed by atoms with van der Waals surface area (Å²) in [5, 5.41) is 12.9. The predicted octanol–water partition coefficient (Wildman–Crippen LogP) is 3.86. The highest BCUT2D eigenvalue weighted by Gasteiger charge is 2.13. The Labute approximate surface area is 119 Å². The Kier molecular flexibility index (Phi) is 3.04. The standard InChI is InChI=1S/C14H8ClN3O2/c15-14-7-10(18(19)20)6-13(17-14)12-3-1-2-9-8-16-5-4-11(9)12/h1-8H. The predicted molar refractivity (Wildman–Crippen MR) is 76.6 cm³/mol. The van der Waals surface area contributed by atoms with E-state index < -0.39 is 4.92 Å². The highest BCUT2D eigenvalue weighted by atomic mass is 35.5. The van der Waals surface area contributed by atoms with Gasteiger partial charge in [-0.3, -0.25) is 15.1 Å². The van der Waals surface area contributed by atoms with E-state index in [0.29, 0.717) is 5.69 Å². The number of pyridine rings is 2. The maximum Gasteiger partial charge on any atom is 0.274 e. The third-order valence-corrected chi connectivity index (χ3v) is 3.14. The van der Waals surface area contributed by atoms with Crippen molar-refractivity contribution >= 4 is 28.1 Å². The molecule has 1 aromatic carbocycles. The van der Waals surface area contributed by atoms with Gasteiger partial charge in [0.05, 0.1) is 16.7 Å². The van der Waals surface area contributed by atoms with Gasteiger partial charge in [-0.05, 0) is 11.5 Å². The van der Waals surface area contributed by atoms with Crippen molar-refractivity contribution in [2.45, 2.75) is 0 Å². The number of fused-ring (bicyclic) bond motifs is 1. The Balaban J connectivity index is 2.28. The van der Waals surface area contributed by atoms with Gasteiger partial charge in [-0.15, -0.1) is 0 Å². The number of nitro groups is 1. The molecule has 0 saturated carbocycles. The molecule has 0 amide bonds. The van der Waals surface area contributed by atoms with Gasteiger partial charge >= 0.3 is 0 Å². The van der Waals surface area contributed by atoms with Crippen LogP contribution in [0, 0.1) is 10.1 Å². The minimum Gasteiger partial charge on any atom is -0.264 e. The summed E-state index contributed by atoms with van der Waals surface area (Å²) in [4.78, 5) is 18.7. The third-order valence-electron chi connectivity index (χ3n) is 2.95. The van der Waals surface area contributed by atoms with Crippen molar-refractivity contribution < 1.29 is 4.92 Å². The summed E-state index contributed by atoms with van der Waals surface area (Å²) in [5.41, 5.74) is 1.18. The minimum absolute atomic E-state index is 0.0777. The Morgan fingerprint density at radius 1 is 1.20 bits per heavy atom. The number of rotatable bonds is 2. The SMILES string of the molecule is O=[N+]([O-])c1cc(Cl)nc(-c2cccc3cnccc23)c1. The number of hydrogen-bond acceptors (Lipinski definition) is 4. The summed E-state index contributed by atoms with van der Waals surface area (Å²) in [6, 6.07) is 10.1. The fourth-order valence-electron chi connectivity index (χ4n) is 2.07. The molecule has 0 radical (unpaired) electrons. The lowest BCUT2D eigenvalue weighted by atomic mass is 10.0. The van der Waals surface area contributed by atoms with E-state index in [-0.39, 0.29) is 10.8 Å². The van der Waals surface area contributed by atoms with Gasteiger partial charge in [0.15, 0.2) is 0 Å². The summed E-state index contributed by atoms with van der Waals surface area (Å²) in [7, 11) is 0. The zero-order valence-corrected chi connectivity index (χ0v) is 10.9. The Bertz CT molecular complexity index is 815. The van der Waals surface area contributed by atoms with Crippen LogP contribution in [0.15, 0.2) is 48.8 Å². The van der Waals surface area contributed by atoms with Crippen molar-refractivity contribution in [3.8, 4) is 11.3 Å². The van der Waals surface area contributed by atoms with Gasteiger partial charge in [0, 0.05) is 29.4 Å². The smallest absolute Gasteiger partial charge is 0.264 e. The second-order valence-electron chi connectivity index (χ2n) is 4.19. The fourth-order valence-corrected chi connectivity index (χ4v) is 2.28. The highest BCUT2D eigenvalue weighted by molar-refractivity contribution is 6.29. The van der Waals surface area contributed by atoms with Gasteiger partial charge in [-0.2, -0.15) is 0 Å². The molecule has 5 nitrogen and oxygen atoms in total. The van der Waals surface area contributed by atoms with Gasteiger partial charge in [-0.25, -0.2) is 4.98 Å². The Morgan fingerprint density at radius 3 is 2.85 bits per heavy atom. The summed E-state index contributed by atoms with van der Waals surface area (Å²) >= 11 is 5.87. The average Bonchev–Trinajstić information content (AvgIpc) is 2.46. The number of benzene rings is 1. The maximum atomic E-state index is 10.9. The monoisotopic (exact) mass is 285 g/mol. The number of aromatic nitrogens is 2. The van der Waals surface area contributed by atoms with E-state index >= 15 is 0 Å². The van der Waals surface area contributed by atoms with Gasteiger partial charge in [0.2, 0.25) is 0 Å². The van der Waals surface area contributed by atoms with Gasteiger partial charge in [0.1, 0.15) is 5.15 Å². The van der Waals surface area contributed by atoms with Crippen molar-refractivity contribution in [2.24, 2.45) is 0 Å². The molecule has 98 valence electrons. The van der Waals surface area contributed by atoms with Crippen molar-refractivity contribution in [3.63, 3.8) is 0 Å². The molecule has 2 heterocycles. The first-order valence-electron chi connectivity index (χ1n) is 5.80. The first-order valence-corrected chi connectivity index (χ1v) is 6.18. The summed E-state index contributed by atoms with van der Waals surface area (Å²) in [6.07, 6.45) is 3.41. The highest BCUT2D eigenvalue weighted by Crippen LogP contribution is 2.30. The van der Waals surface area contributed by atoms with Crippen LogP contribution in [0.5, 0.6) is 0 Å². The molecular weight excluding hydrogens is 278 g/mol. The van der Waals surface area contributed by atoms with Crippen LogP contribution in [0.2, 0.25) is 5.15 Å². The first kappa shape index (κ1) is 12.5. The number of hydrogen-bond donors (Lipinski definition) is 0. The van der Waals surface area contributed by atoms with Gasteiger partial charge in [-0.1, -0.05) is 29.8 Å². The summed E-state index contributed by atoms with van der Waals surface area (Å²) in [5.74, 6) is 0. The first-order chi connectivity index (χ1) is 9.65. The molecule has 0 atom stereocenters. The Hall–Kier alpha value is -2.53. The molecule has 0 spiro atoms. The number of halogens is 1. The molecule has 0 aliphatic rings. The van der Waals surface area contributed by atoms with Crippen molar-refractivity contribution in [3.05, 3.63) is 64.1 Å². The summed E-state index contributed by atoms with van der Waals surface area (Å²) in [6.45, 7) is 0. The molecule has 0 unspecified atom stereocenters. The molecule has 0 saturated heterocycles. The van der Waals surface area contributed by atoms with Crippen LogP contribution in [0.3, 0.4) is 0 Å². The molecule has 3 aromatic rings. The number of nitrogens with zero attached hydrogens (tertiary/aromatic N) is 3. The van der Waals surface area contributed by atoms with Crippen molar-refractivity contribution in [1.29, 1.82) is 0 Å². The lowest BCUT2D eigenvalue weighted by molar-refractivity contribution is -0.384. The molecule has 0 N–H and O–H groups in total. The van der Waals surface area contributed by atoms with E-state index in [1.807, 2.05) is 24.3 Å². The van der Waals surface area contributed by atoms with Crippen LogP contribution in [0.4, 0.5) is 5.69 Å². The normalized spacial score (nSPS) is 10.7.